The summed E-state index contributed by atoms with van der Waals surface area (Å²) in [5.41, 5.74) is 52.1. The van der Waals surface area contributed by atoms with Gasteiger partial charge in [0.15, 0.2) is 0 Å². The molecule has 0 saturated heterocycles. The average molecular weight is 1190 g/mol. The van der Waals surface area contributed by atoms with Crippen LogP contribution in [0.3, 0.4) is 0 Å². The Hall–Kier alpha value is -9.02. The zero-order valence-corrected chi connectivity index (χ0v) is 54.2. The predicted octanol–water partition coefficient (Wildman–Crippen LogP) is 18.4. The molecule has 3 aromatic heterocycles. The number of aryl methyl sites for hydroxylation is 8. The summed E-state index contributed by atoms with van der Waals surface area (Å²) in [5, 5.41) is 0. The second kappa shape index (κ2) is 17.2. The molecule has 12 aliphatic carbocycles. The molecule has 4 nitrogen and oxygen atoms in total. The van der Waals surface area contributed by atoms with Crippen molar-refractivity contribution in [2.45, 2.75) is 103 Å². The van der Waals surface area contributed by atoms with Crippen molar-refractivity contribution in [2.75, 3.05) is 0 Å². The summed E-state index contributed by atoms with van der Waals surface area (Å²) in [6.45, 7) is 18.6. The monoisotopic (exact) mass is 1190 g/mol. The molecule has 0 saturated carbocycles. The molecule has 0 fully saturated rings. The van der Waals surface area contributed by atoms with Gasteiger partial charge >= 0.3 is 19.5 Å². The van der Waals surface area contributed by atoms with Crippen LogP contribution >= 0.6 is 0 Å². The molecule has 2 aliphatic heterocycles. The Bertz CT molecular complexity index is 5050. The first-order valence-corrected chi connectivity index (χ1v) is 32.0. The van der Waals surface area contributed by atoms with Crippen molar-refractivity contribution in [3.05, 3.63) is 348 Å². The molecule has 5 heteroatoms. The van der Waals surface area contributed by atoms with Gasteiger partial charge in [-0.3, -0.25) is 0 Å². The number of hydrogen-bond donors (Lipinski definition) is 0. The van der Waals surface area contributed by atoms with Crippen molar-refractivity contribution in [1.82, 2.24) is 19.9 Å². The Morgan fingerprint density at radius 1 is 0.225 bits per heavy atom. The van der Waals surface area contributed by atoms with Crippen LogP contribution in [0.15, 0.2) is 170 Å². The largest absolute Gasteiger partial charge is 2.00 e. The molecule has 16 bridgehead atoms. The minimum Gasteiger partial charge on any atom is -0.657 e. The van der Waals surface area contributed by atoms with E-state index >= 15 is 0 Å². The SMILES string of the molecule is Cc1cccc2c1C1C3=C(c4cc5[n-]c(cc6nc(cc7[n-]c(cc3n4)c3c7[C@@H]4c7cccc(C)c7[C@H]3c3cccc(C)c34)C3=C6C4c6c(C)cccc6C3c3cccc(C)c34)c3c5[C@H]4c5cccc(C)c5[C@@H]3c3cccc(C)c34)C2c2cccc(C)c21.[Zn+2]. The van der Waals surface area contributed by atoms with Crippen LogP contribution in [0.2, 0.25) is 0 Å². The van der Waals surface area contributed by atoms with Crippen molar-refractivity contribution < 1.29 is 19.5 Å². The summed E-state index contributed by atoms with van der Waals surface area (Å²) >= 11 is 0. The van der Waals surface area contributed by atoms with Gasteiger partial charge in [-0.1, -0.05) is 170 Å². The number of fused-ring (bicyclic) bond motifs is 8. The molecule has 25 rings (SSSR count). The van der Waals surface area contributed by atoms with Crippen LogP contribution in [0.1, 0.15) is 226 Å². The van der Waals surface area contributed by atoms with Crippen LogP contribution in [0.5, 0.6) is 0 Å². The summed E-state index contributed by atoms with van der Waals surface area (Å²) in [6.07, 6.45) is 0. The average Bonchev–Trinajstić information content (AvgIpc) is 1.67. The number of rotatable bonds is 0. The fourth-order valence-corrected chi connectivity index (χ4v) is 20.4. The van der Waals surface area contributed by atoms with E-state index in [2.05, 4.69) is 225 Å². The molecule has 14 aliphatic rings. The van der Waals surface area contributed by atoms with Crippen LogP contribution in [0.25, 0.3) is 44.4 Å². The van der Waals surface area contributed by atoms with Crippen LogP contribution in [0, 0.1) is 55.4 Å². The molecule has 5 heterocycles. The topological polar surface area (TPSA) is 54.0 Å². The van der Waals surface area contributed by atoms with E-state index in [1.165, 1.54) is 178 Å². The molecular weight excluding hydrogens is 1130 g/mol. The molecule has 8 aromatic carbocycles. The number of allylic oxidation sites excluding steroid dienone is 4. The fourth-order valence-electron chi connectivity index (χ4n) is 20.4. The van der Waals surface area contributed by atoms with Gasteiger partial charge in [0, 0.05) is 47.3 Å². The number of hydrogen-bond acceptors (Lipinski definition) is 2. The molecule has 4 atom stereocenters. The van der Waals surface area contributed by atoms with E-state index in [4.69, 9.17) is 19.9 Å². The number of nitrogens with zero attached hydrogens (tertiary/aromatic N) is 4. The minimum atomic E-state index is -0.00975. The van der Waals surface area contributed by atoms with Crippen molar-refractivity contribution in [3.63, 3.8) is 0 Å². The van der Waals surface area contributed by atoms with Gasteiger partial charge in [-0.05, 0) is 233 Å². The second-order valence-corrected chi connectivity index (χ2v) is 27.5. The fraction of sp³-hybridized carbons (Fsp3) is 0.190. The molecule has 0 N–H and O–H groups in total. The van der Waals surface area contributed by atoms with E-state index in [1.54, 1.807) is 0 Å². The smallest absolute Gasteiger partial charge is 0.657 e. The first-order valence-electron chi connectivity index (χ1n) is 32.0. The van der Waals surface area contributed by atoms with Crippen LogP contribution < -0.4 is 9.97 Å². The molecule has 11 aromatic rings. The van der Waals surface area contributed by atoms with Crippen molar-refractivity contribution in [1.29, 1.82) is 0 Å². The van der Waals surface area contributed by atoms with Crippen LogP contribution in [0.4, 0.5) is 0 Å². The Labute approximate surface area is 531 Å². The molecule has 0 amide bonds. The maximum absolute atomic E-state index is 6.16. The third-order valence-electron chi connectivity index (χ3n) is 23.4. The number of aromatic nitrogens is 4. The van der Waals surface area contributed by atoms with E-state index in [-0.39, 0.29) is 66.8 Å². The Balaban J connectivity index is 0.00000555. The summed E-state index contributed by atoms with van der Waals surface area (Å²) in [7, 11) is 0. The van der Waals surface area contributed by atoms with Gasteiger partial charge in [0.2, 0.25) is 0 Å². The van der Waals surface area contributed by atoms with Crippen molar-refractivity contribution >= 4 is 44.4 Å². The Morgan fingerprint density at radius 3 is 0.618 bits per heavy atom. The maximum atomic E-state index is 6.16. The van der Waals surface area contributed by atoms with Gasteiger partial charge < -0.3 is 9.97 Å². The molecular formula is C84H60N4Zn. The quantitative estimate of drug-likeness (QED) is 0.142. The molecule has 0 unspecified atom stereocenters. The second-order valence-electron chi connectivity index (χ2n) is 27.5. The third kappa shape index (κ3) is 6.01. The van der Waals surface area contributed by atoms with E-state index < -0.39 is 0 Å². The van der Waals surface area contributed by atoms with Crippen molar-refractivity contribution in [2.24, 2.45) is 0 Å². The van der Waals surface area contributed by atoms with Crippen LogP contribution in [-0.2, 0) is 19.5 Å². The maximum Gasteiger partial charge on any atom is 2.00 e. The zero-order valence-electron chi connectivity index (χ0n) is 51.3. The summed E-state index contributed by atoms with van der Waals surface area (Å²) < 4.78 is 0. The summed E-state index contributed by atoms with van der Waals surface area (Å²) in [6, 6.07) is 66.1. The Kier molecular flexibility index (Phi) is 9.86. The molecule has 418 valence electrons. The van der Waals surface area contributed by atoms with Gasteiger partial charge in [0.05, 0.1) is 22.8 Å². The number of benzene rings is 8. The van der Waals surface area contributed by atoms with Gasteiger partial charge in [-0.2, -0.15) is 0 Å². The normalized spacial score (nSPS) is 21.8. The molecule has 0 radical (unpaired) electrons. The summed E-state index contributed by atoms with van der Waals surface area (Å²) in [4.78, 5) is 24.6. The van der Waals surface area contributed by atoms with Gasteiger partial charge in [0.1, 0.15) is 0 Å². The zero-order chi connectivity index (χ0) is 58.3. The minimum absolute atomic E-state index is 0. The first kappa shape index (κ1) is 50.9. The van der Waals surface area contributed by atoms with Crippen molar-refractivity contribution in [3.8, 4) is 0 Å². The molecule has 0 spiro atoms. The van der Waals surface area contributed by atoms with Gasteiger partial charge in [0.25, 0.3) is 0 Å². The van der Waals surface area contributed by atoms with Crippen LogP contribution in [-0.4, -0.2) is 9.97 Å². The summed E-state index contributed by atoms with van der Waals surface area (Å²) in [5.74, 6) is -0.0671. The predicted molar refractivity (Wildman–Crippen MR) is 353 cm³/mol. The first-order chi connectivity index (χ1) is 43.0. The van der Waals surface area contributed by atoms with E-state index in [9.17, 15) is 0 Å². The van der Waals surface area contributed by atoms with E-state index in [1.807, 2.05) is 0 Å². The van der Waals surface area contributed by atoms with Gasteiger partial charge in [-0.25, -0.2) is 9.97 Å². The standard InChI is InChI=1S/C84H60N4.Zn/c1-37-17-15-31-51-61(37)71-49-29-13-19-39(3)63(49)73(51)79-57-35-59-81-76(70-47-27-11-23-43(7)67(47)83(81)68-44(8)24-12-28-48(68)70)54(86-59)34-56-78-72-50-30-14-20-40(4)64(50)74(52-32-16-18-38(2)62(52)72)80(78)58(88-56)36-60-82-75(53(85-60)33-55(87-57)77(71)79)69-45-25-9-21-41(5)65(45)84(82)66-42(6)22-10-26-46(66)69;/h9-36,69-74,83-84H,1-8H3;/q-2;+2/t69?,70?,71-,72+,73-,74+,83?,84?;. The molecule has 89 heavy (non-hydrogen) atoms. The third-order valence-corrected chi connectivity index (χ3v) is 23.4. The Morgan fingerprint density at radius 2 is 0.404 bits per heavy atom. The van der Waals surface area contributed by atoms with E-state index in [0.29, 0.717) is 0 Å². The van der Waals surface area contributed by atoms with E-state index in [0.717, 1.165) is 44.8 Å². The van der Waals surface area contributed by atoms with Gasteiger partial charge in [-0.15, -0.1) is 22.1 Å².